The molecule has 2 amide bonds. The van der Waals surface area contributed by atoms with Gasteiger partial charge in [-0.1, -0.05) is 6.92 Å². The van der Waals surface area contributed by atoms with E-state index in [1.165, 1.54) is 24.5 Å². The van der Waals surface area contributed by atoms with Crippen molar-refractivity contribution in [3.63, 3.8) is 0 Å². The highest BCUT2D eigenvalue weighted by molar-refractivity contribution is 7.17. The van der Waals surface area contributed by atoms with Crippen molar-refractivity contribution >= 4 is 34.1 Å². The normalized spacial score (nSPS) is 13.7. The Kier molecular flexibility index (Phi) is 3.06. The van der Waals surface area contributed by atoms with E-state index in [2.05, 4.69) is 4.98 Å². The first-order valence-electron chi connectivity index (χ1n) is 6.23. The Morgan fingerprint density at radius 3 is 2.67 bits per heavy atom. The second kappa shape index (κ2) is 4.78. The average molecular weight is 302 g/mol. The molecule has 106 valence electrons. The van der Waals surface area contributed by atoms with Crippen LogP contribution in [-0.2, 0) is 6.42 Å². The number of aryl methyl sites for hydroxylation is 1. The first-order valence-corrected chi connectivity index (χ1v) is 7.05. The number of imide groups is 1. The molecule has 1 aliphatic heterocycles. The van der Waals surface area contributed by atoms with E-state index in [-0.39, 0.29) is 21.7 Å². The number of aromatic nitrogens is 1. The molecule has 0 unspecified atom stereocenters. The van der Waals surface area contributed by atoms with Gasteiger partial charge in [0.2, 0.25) is 0 Å². The minimum atomic E-state index is -1.16. The number of hydrogen-bond donors (Lipinski definition) is 1. The minimum Gasteiger partial charge on any atom is -0.478 e. The molecule has 3 heterocycles. The molecule has 2 aromatic rings. The SMILES string of the molecule is CCc1cc(C(=O)O)c(N2C(=O)c3ccncc3C2=O)s1. The van der Waals surface area contributed by atoms with Crippen LogP contribution in [0.2, 0.25) is 0 Å². The summed E-state index contributed by atoms with van der Waals surface area (Å²) in [6.45, 7) is 1.88. The van der Waals surface area contributed by atoms with Gasteiger partial charge in [0, 0.05) is 17.3 Å². The number of hydrogen-bond acceptors (Lipinski definition) is 5. The molecular formula is C14H10N2O4S. The van der Waals surface area contributed by atoms with Crippen molar-refractivity contribution in [3.8, 4) is 0 Å². The summed E-state index contributed by atoms with van der Waals surface area (Å²) in [4.78, 5) is 41.6. The van der Waals surface area contributed by atoms with Gasteiger partial charge in [0.1, 0.15) is 5.00 Å². The van der Waals surface area contributed by atoms with Gasteiger partial charge in [-0.05, 0) is 18.6 Å². The zero-order valence-electron chi connectivity index (χ0n) is 11.0. The molecule has 1 aliphatic rings. The number of amides is 2. The summed E-state index contributed by atoms with van der Waals surface area (Å²) in [6.07, 6.45) is 3.39. The Hall–Kier alpha value is -2.54. The molecule has 7 heteroatoms. The van der Waals surface area contributed by atoms with Crippen LogP contribution < -0.4 is 4.90 Å². The lowest BCUT2D eigenvalue weighted by Crippen LogP contribution is -2.29. The third-order valence-corrected chi connectivity index (χ3v) is 4.50. The number of rotatable bonds is 3. The van der Waals surface area contributed by atoms with E-state index in [9.17, 15) is 19.5 Å². The lowest BCUT2D eigenvalue weighted by molar-refractivity contribution is 0.0698. The third kappa shape index (κ3) is 1.93. The zero-order chi connectivity index (χ0) is 15.1. The Morgan fingerprint density at radius 1 is 1.33 bits per heavy atom. The molecule has 0 radical (unpaired) electrons. The number of pyridine rings is 1. The highest BCUT2D eigenvalue weighted by Gasteiger charge is 2.39. The van der Waals surface area contributed by atoms with Crippen molar-refractivity contribution < 1.29 is 19.5 Å². The monoisotopic (exact) mass is 302 g/mol. The molecule has 1 N–H and O–H groups in total. The lowest BCUT2D eigenvalue weighted by atomic mass is 10.2. The summed E-state index contributed by atoms with van der Waals surface area (Å²) >= 11 is 1.15. The average Bonchev–Trinajstić information content (AvgIpc) is 3.00. The Bertz CT molecular complexity index is 746. The molecule has 0 spiro atoms. The second-order valence-corrected chi connectivity index (χ2v) is 5.57. The maximum Gasteiger partial charge on any atom is 0.338 e. The van der Waals surface area contributed by atoms with Crippen LogP contribution in [-0.4, -0.2) is 27.9 Å². The van der Waals surface area contributed by atoms with Crippen LogP contribution in [0.1, 0.15) is 42.9 Å². The minimum absolute atomic E-state index is 0.0284. The zero-order valence-corrected chi connectivity index (χ0v) is 11.8. The maximum absolute atomic E-state index is 12.4. The number of carboxylic acids is 1. The van der Waals surface area contributed by atoms with Gasteiger partial charge in [-0.15, -0.1) is 11.3 Å². The van der Waals surface area contributed by atoms with E-state index < -0.39 is 17.8 Å². The van der Waals surface area contributed by atoms with Crippen LogP contribution in [0.5, 0.6) is 0 Å². The van der Waals surface area contributed by atoms with Crippen LogP contribution in [0.3, 0.4) is 0 Å². The Morgan fingerprint density at radius 2 is 2.05 bits per heavy atom. The van der Waals surface area contributed by atoms with E-state index in [1.807, 2.05) is 6.92 Å². The Labute approximate surface area is 123 Å². The highest BCUT2D eigenvalue weighted by Crippen LogP contribution is 2.37. The molecule has 0 saturated carbocycles. The van der Waals surface area contributed by atoms with E-state index in [0.29, 0.717) is 6.42 Å². The maximum atomic E-state index is 12.4. The van der Waals surface area contributed by atoms with E-state index in [1.54, 1.807) is 0 Å². The molecule has 3 rings (SSSR count). The van der Waals surface area contributed by atoms with Crippen LogP contribution in [0.25, 0.3) is 0 Å². The largest absolute Gasteiger partial charge is 0.478 e. The van der Waals surface area contributed by atoms with Gasteiger partial charge in [-0.2, -0.15) is 0 Å². The first-order chi connectivity index (χ1) is 10.0. The van der Waals surface area contributed by atoms with Crippen LogP contribution in [0.15, 0.2) is 24.5 Å². The van der Waals surface area contributed by atoms with Gasteiger partial charge in [0.25, 0.3) is 11.8 Å². The van der Waals surface area contributed by atoms with Crippen LogP contribution in [0.4, 0.5) is 5.00 Å². The summed E-state index contributed by atoms with van der Waals surface area (Å²) in [5, 5.41) is 9.43. The molecule has 2 aromatic heterocycles. The standard InChI is InChI=1S/C14H10N2O4S/c1-2-7-5-9(14(19)20)13(21-7)16-11(17)8-3-4-15-6-10(8)12(16)18/h3-6H,2H2,1H3,(H,19,20). The summed E-state index contributed by atoms with van der Waals surface area (Å²) < 4.78 is 0. The number of aromatic carboxylic acids is 1. The number of nitrogens with zero attached hydrogens (tertiary/aromatic N) is 2. The molecule has 0 fully saturated rings. The van der Waals surface area contributed by atoms with Gasteiger partial charge in [0.15, 0.2) is 0 Å². The van der Waals surface area contributed by atoms with Gasteiger partial charge < -0.3 is 5.11 Å². The van der Waals surface area contributed by atoms with Gasteiger partial charge in [0.05, 0.1) is 16.7 Å². The summed E-state index contributed by atoms with van der Waals surface area (Å²) in [5.41, 5.74) is 0.419. The molecule has 0 atom stereocenters. The second-order valence-electron chi connectivity index (χ2n) is 4.46. The molecule has 21 heavy (non-hydrogen) atoms. The van der Waals surface area contributed by atoms with Gasteiger partial charge in [-0.25, -0.2) is 9.69 Å². The van der Waals surface area contributed by atoms with Crippen molar-refractivity contribution in [1.82, 2.24) is 4.98 Å². The van der Waals surface area contributed by atoms with E-state index in [0.717, 1.165) is 21.1 Å². The summed E-state index contributed by atoms with van der Waals surface area (Å²) in [5.74, 6) is -2.20. The fourth-order valence-electron chi connectivity index (χ4n) is 2.19. The predicted molar refractivity (Wildman–Crippen MR) is 76.0 cm³/mol. The molecular weight excluding hydrogens is 292 g/mol. The molecule has 0 bridgehead atoms. The van der Waals surface area contributed by atoms with Crippen molar-refractivity contribution in [2.45, 2.75) is 13.3 Å². The molecule has 0 aromatic carbocycles. The van der Waals surface area contributed by atoms with Crippen molar-refractivity contribution in [1.29, 1.82) is 0 Å². The molecule has 6 nitrogen and oxygen atoms in total. The fraction of sp³-hybridized carbons (Fsp3) is 0.143. The lowest BCUT2D eigenvalue weighted by Gasteiger charge is -2.12. The van der Waals surface area contributed by atoms with E-state index in [4.69, 9.17) is 0 Å². The highest BCUT2D eigenvalue weighted by atomic mass is 32.1. The number of carbonyl (C=O) groups excluding carboxylic acids is 2. The number of thiophene rings is 1. The topological polar surface area (TPSA) is 87.6 Å². The third-order valence-electron chi connectivity index (χ3n) is 3.23. The van der Waals surface area contributed by atoms with Crippen molar-refractivity contribution in [2.75, 3.05) is 4.90 Å². The summed E-state index contributed by atoms with van der Waals surface area (Å²) in [7, 11) is 0. The quantitative estimate of drug-likeness (QED) is 0.878. The number of fused-ring (bicyclic) bond motifs is 1. The summed E-state index contributed by atoms with van der Waals surface area (Å²) in [6, 6.07) is 2.97. The van der Waals surface area contributed by atoms with E-state index >= 15 is 0 Å². The number of anilines is 1. The predicted octanol–water partition coefficient (Wildman–Crippen LogP) is 2.20. The van der Waals surface area contributed by atoms with Gasteiger partial charge in [-0.3, -0.25) is 14.6 Å². The number of carboxylic acid groups (broad SMARTS) is 1. The fourth-order valence-corrected chi connectivity index (χ4v) is 3.28. The van der Waals surface area contributed by atoms with Crippen LogP contribution in [0, 0.1) is 0 Å². The smallest absolute Gasteiger partial charge is 0.338 e. The van der Waals surface area contributed by atoms with Crippen molar-refractivity contribution in [2.24, 2.45) is 0 Å². The molecule has 0 saturated heterocycles. The van der Waals surface area contributed by atoms with Crippen molar-refractivity contribution in [3.05, 3.63) is 46.1 Å². The molecule has 0 aliphatic carbocycles. The number of carbonyl (C=O) groups is 3. The van der Waals surface area contributed by atoms with Gasteiger partial charge >= 0.3 is 5.97 Å². The van der Waals surface area contributed by atoms with Crippen LogP contribution >= 0.6 is 11.3 Å². The Balaban J connectivity index is 2.15. The first kappa shape index (κ1) is 13.4.